The van der Waals surface area contributed by atoms with E-state index in [1.54, 1.807) is 18.3 Å². The molecule has 8 aromatic carbocycles. The molecule has 10 aromatic rings. The summed E-state index contributed by atoms with van der Waals surface area (Å²) < 4.78 is 6.99. The van der Waals surface area contributed by atoms with Crippen LogP contribution < -0.4 is 22.0 Å². The van der Waals surface area contributed by atoms with Gasteiger partial charge in [-0.3, -0.25) is 18.3 Å². The van der Waals surface area contributed by atoms with Crippen molar-refractivity contribution in [3.8, 4) is 33.9 Å². The van der Waals surface area contributed by atoms with Gasteiger partial charge in [0, 0.05) is 11.4 Å². The summed E-state index contributed by atoms with van der Waals surface area (Å²) in [4.78, 5) is 28.9. The Morgan fingerprint density at radius 1 is 0.359 bits per heavy atom. The number of hydrogen-bond acceptors (Lipinski definition) is 4. The molecule has 64 heavy (non-hydrogen) atoms. The van der Waals surface area contributed by atoms with Gasteiger partial charge in [0.15, 0.2) is 0 Å². The summed E-state index contributed by atoms with van der Waals surface area (Å²) in [6.45, 7) is 0. The molecule has 0 fully saturated rings. The van der Waals surface area contributed by atoms with Crippen molar-refractivity contribution in [1.82, 2.24) is 18.3 Å². The normalized spacial score (nSPS) is 12.4. The van der Waals surface area contributed by atoms with Crippen LogP contribution in [0.25, 0.3) is 61.5 Å². The number of rotatable bonds is 10. The fourth-order valence-corrected chi connectivity index (χ4v) is 8.81. The van der Waals surface area contributed by atoms with Gasteiger partial charge < -0.3 is 10.6 Å². The largest absolute Gasteiger partial charge is 0.354 e. The predicted octanol–water partition coefficient (Wildman–Crippen LogP) is 12.8. The highest BCUT2D eigenvalue weighted by atomic mass is 16.2. The molecule has 1 aliphatic carbocycles. The Bertz CT molecular complexity index is 3530. The zero-order chi connectivity index (χ0) is 43.0. The molecule has 0 amide bonds. The van der Waals surface area contributed by atoms with E-state index in [9.17, 15) is 9.59 Å². The molecule has 11 rings (SSSR count). The summed E-state index contributed by atoms with van der Waals surface area (Å²) in [7, 11) is 0. The van der Waals surface area contributed by atoms with Crippen molar-refractivity contribution in [2.45, 2.75) is 12.8 Å². The quantitative estimate of drug-likeness (QED) is 0.144. The first-order valence-corrected chi connectivity index (χ1v) is 21.5. The molecule has 2 N–H and O–H groups in total. The molecular formula is C56H42N6O2. The van der Waals surface area contributed by atoms with Gasteiger partial charge in [0.2, 0.25) is 0 Å². The van der Waals surface area contributed by atoms with Gasteiger partial charge in [-0.15, -0.1) is 0 Å². The standard InChI is InChI=1S/C56H42N6O2/c63-55-59(45-31-29-43(30-32-45)57-49-23-7-8-24-50(49)58-44-21-13-19-41(37-44)39-15-3-1-4-16-39)51-25-9-10-26-52(51)60(55)46-33-35-47(36-34-46)61-53-27-11-12-28-54(53)62(56(61)64)48-22-14-20-42(38-48)40-17-5-2-6-18-40/h1,3-5,7-38,57-58H,2,6H2. The molecule has 1 aliphatic rings. The van der Waals surface area contributed by atoms with E-state index in [1.807, 2.05) is 146 Å². The molecule has 0 aliphatic heterocycles. The Labute approximate surface area is 369 Å². The van der Waals surface area contributed by atoms with Crippen LogP contribution in [-0.2, 0) is 0 Å². The zero-order valence-electron chi connectivity index (χ0n) is 34.8. The first-order valence-electron chi connectivity index (χ1n) is 21.5. The topological polar surface area (TPSA) is 77.9 Å². The minimum Gasteiger partial charge on any atom is -0.354 e. The Morgan fingerprint density at radius 3 is 1.39 bits per heavy atom. The Balaban J connectivity index is 0.888. The van der Waals surface area contributed by atoms with Gasteiger partial charge in [0.05, 0.1) is 56.2 Å². The van der Waals surface area contributed by atoms with Gasteiger partial charge in [-0.2, -0.15) is 0 Å². The maximum absolute atomic E-state index is 14.5. The van der Waals surface area contributed by atoms with Crippen LogP contribution in [0.3, 0.4) is 0 Å². The average Bonchev–Trinajstić information content (AvgIpc) is 3.82. The molecule has 0 unspecified atom stereocenters. The number of imidazole rings is 2. The maximum atomic E-state index is 14.5. The van der Waals surface area contributed by atoms with Crippen molar-refractivity contribution < 1.29 is 0 Å². The molecule has 0 saturated carbocycles. The number of aromatic nitrogens is 4. The molecule has 0 bridgehead atoms. The third-order valence-electron chi connectivity index (χ3n) is 11.9. The molecule has 0 atom stereocenters. The van der Waals surface area contributed by atoms with Crippen LogP contribution in [-0.4, -0.2) is 18.3 Å². The van der Waals surface area contributed by atoms with Crippen molar-refractivity contribution in [3.05, 3.63) is 245 Å². The predicted molar refractivity (Wildman–Crippen MR) is 263 cm³/mol. The molecule has 0 spiro atoms. The third kappa shape index (κ3) is 7.03. The van der Waals surface area contributed by atoms with E-state index < -0.39 is 0 Å². The molecule has 2 aromatic heterocycles. The number of allylic oxidation sites excluding steroid dienone is 4. The molecule has 0 saturated heterocycles. The van der Waals surface area contributed by atoms with Crippen LogP contribution in [0.15, 0.2) is 228 Å². The van der Waals surface area contributed by atoms with Crippen LogP contribution in [0.2, 0.25) is 0 Å². The van der Waals surface area contributed by atoms with Crippen molar-refractivity contribution >= 4 is 50.4 Å². The van der Waals surface area contributed by atoms with E-state index >= 15 is 0 Å². The molecule has 8 heteroatoms. The van der Waals surface area contributed by atoms with Crippen LogP contribution in [0.4, 0.5) is 22.7 Å². The summed E-state index contributed by atoms with van der Waals surface area (Å²) in [5.74, 6) is 0. The molecule has 0 radical (unpaired) electrons. The van der Waals surface area contributed by atoms with Crippen LogP contribution in [0.5, 0.6) is 0 Å². The highest BCUT2D eigenvalue weighted by Gasteiger charge is 2.19. The van der Waals surface area contributed by atoms with Crippen LogP contribution in [0.1, 0.15) is 18.4 Å². The first-order chi connectivity index (χ1) is 31.6. The minimum absolute atomic E-state index is 0.167. The van der Waals surface area contributed by atoms with Crippen molar-refractivity contribution in [3.63, 3.8) is 0 Å². The lowest BCUT2D eigenvalue weighted by Crippen LogP contribution is -2.23. The number of anilines is 4. The second-order valence-corrected chi connectivity index (χ2v) is 15.9. The fraction of sp³-hybridized carbons (Fsp3) is 0.0357. The Hall–Kier alpha value is -8.62. The van der Waals surface area contributed by atoms with Gasteiger partial charge in [-0.1, -0.05) is 109 Å². The summed E-state index contributed by atoms with van der Waals surface area (Å²) in [5.41, 5.74) is 14.0. The van der Waals surface area contributed by atoms with Gasteiger partial charge >= 0.3 is 11.4 Å². The van der Waals surface area contributed by atoms with Gasteiger partial charge in [-0.25, -0.2) is 9.59 Å². The maximum Gasteiger partial charge on any atom is 0.338 e. The zero-order valence-corrected chi connectivity index (χ0v) is 34.8. The molecule has 8 nitrogen and oxygen atoms in total. The number of fused-ring (bicyclic) bond motifs is 2. The van der Waals surface area contributed by atoms with Crippen molar-refractivity contribution in [1.29, 1.82) is 0 Å². The lowest BCUT2D eigenvalue weighted by Gasteiger charge is -2.15. The van der Waals surface area contributed by atoms with Crippen LogP contribution >= 0.6 is 0 Å². The smallest absolute Gasteiger partial charge is 0.338 e. The minimum atomic E-state index is -0.196. The van der Waals surface area contributed by atoms with E-state index in [4.69, 9.17) is 0 Å². The summed E-state index contributed by atoms with van der Waals surface area (Å²) >= 11 is 0. The number of nitrogens with one attached hydrogen (secondary N) is 2. The summed E-state index contributed by atoms with van der Waals surface area (Å²) in [6.07, 6.45) is 8.64. The van der Waals surface area contributed by atoms with Crippen LogP contribution in [0, 0.1) is 0 Å². The molecular weight excluding hydrogens is 789 g/mol. The van der Waals surface area contributed by atoms with E-state index in [2.05, 4.69) is 83.5 Å². The van der Waals surface area contributed by atoms with E-state index in [0.29, 0.717) is 11.4 Å². The average molecular weight is 831 g/mol. The highest BCUT2D eigenvalue weighted by Crippen LogP contribution is 2.32. The lowest BCUT2D eigenvalue weighted by molar-refractivity contribution is 0.919. The van der Waals surface area contributed by atoms with E-state index in [0.717, 1.165) is 85.7 Å². The molecule has 308 valence electrons. The van der Waals surface area contributed by atoms with Gasteiger partial charge in [-0.05, 0) is 144 Å². The van der Waals surface area contributed by atoms with E-state index in [-0.39, 0.29) is 11.4 Å². The summed E-state index contributed by atoms with van der Waals surface area (Å²) in [5, 5.41) is 7.17. The number of benzene rings is 8. The monoisotopic (exact) mass is 830 g/mol. The third-order valence-corrected chi connectivity index (χ3v) is 11.9. The van der Waals surface area contributed by atoms with Gasteiger partial charge in [0.25, 0.3) is 0 Å². The Kier molecular flexibility index (Phi) is 9.78. The second-order valence-electron chi connectivity index (χ2n) is 15.9. The summed E-state index contributed by atoms with van der Waals surface area (Å²) in [6, 6.07) is 66.2. The highest BCUT2D eigenvalue weighted by molar-refractivity contribution is 5.84. The van der Waals surface area contributed by atoms with Gasteiger partial charge in [0.1, 0.15) is 0 Å². The number of nitrogens with zero attached hydrogens (tertiary/aromatic N) is 4. The Morgan fingerprint density at radius 2 is 0.828 bits per heavy atom. The number of hydrogen-bond donors (Lipinski definition) is 2. The first kappa shape index (κ1) is 38.3. The molecule has 2 heterocycles. The lowest BCUT2D eigenvalue weighted by atomic mass is 9.99. The van der Waals surface area contributed by atoms with E-state index in [1.165, 1.54) is 5.57 Å². The second kappa shape index (κ2) is 16.3. The fourth-order valence-electron chi connectivity index (χ4n) is 8.81. The van der Waals surface area contributed by atoms with Crippen molar-refractivity contribution in [2.24, 2.45) is 0 Å². The number of para-hydroxylation sites is 6. The SMILES string of the molecule is O=c1n(-c2ccc(Nc3ccccc3Nc3cccc(-c4ccccc4)c3)cc2)c2ccccc2n1-c1ccc(-n2c(=O)n(-c3cccc(C4=CCCC=C4)c3)c3ccccc32)cc1. The van der Waals surface area contributed by atoms with Crippen molar-refractivity contribution in [2.75, 3.05) is 10.6 Å².